The van der Waals surface area contributed by atoms with Gasteiger partial charge in [-0.05, 0) is 43.0 Å². The lowest BCUT2D eigenvalue weighted by Gasteiger charge is -2.15. The molecule has 1 aliphatic rings. The zero-order chi connectivity index (χ0) is 16.1. The number of rotatable bonds is 5. The van der Waals surface area contributed by atoms with Crippen molar-refractivity contribution in [3.05, 3.63) is 54.6 Å². The average Bonchev–Trinajstić information content (AvgIpc) is 2.93. The van der Waals surface area contributed by atoms with E-state index in [1.807, 2.05) is 54.6 Å². The number of hydrogen-bond donors (Lipinski definition) is 2. The van der Waals surface area contributed by atoms with E-state index >= 15 is 0 Å². The van der Waals surface area contributed by atoms with Gasteiger partial charge in [-0.3, -0.25) is 4.79 Å². The zero-order valence-corrected chi connectivity index (χ0v) is 14.3. The lowest BCUT2D eigenvalue weighted by Crippen LogP contribution is -2.28. The molecule has 4 nitrogen and oxygen atoms in total. The van der Waals surface area contributed by atoms with Crippen LogP contribution in [0.5, 0.6) is 11.5 Å². The minimum Gasteiger partial charge on any atom is -0.457 e. The average molecular weight is 347 g/mol. The van der Waals surface area contributed by atoms with Crippen LogP contribution in [0.1, 0.15) is 25.7 Å². The van der Waals surface area contributed by atoms with Gasteiger partial charge in [-0.15, -0.1) is 12.4 Å². The second-order valence-electron chi connectivity index (χ2n) is 6.05. The van der Waals surface area contributed by atoms with Crippen molar-refractivity contribution in [2.45, 2.75) is 31.7 Å². The Balaban J connectivity index is 0.00000208. The molecule has 1 saturated carbocycles. The molecule has 3 N–H and O–H groups in total. The van der Waals surface area contributed by atoms with Gasteiger partial charge in [0.2, 0.25) is 5.91 Å². The van der Waals surface area contributed by atoms with Gasteiger partial charge >= 0.3 is 0 Å². The molecule has 0 aliphatic heterocycles. The van der Waals surface area contributed by atoms with Crippen LogP contribution in [-0.2, 0) is 4.79 Å². The molecule has 2 aromatic carbocycles. The highest BCUT2D eigenvalue weighted by Gasteiger charge is 2.25. The Bertz CT molecular complexity index is 663. The summed E-state index contributed by atoms with van der Waals surface area (Å²) in [6.45, 7) is 0. The van der Waals surface area contributed by atoms with E-state index in [4.69, 9.17) is 10.5 Å². The molecule has 128 valence electrons. The Morgan fingerprint density at radius 1 is 1.08 bits per heavy atom. The fraction of sp³-hybridized carbons (Fsp3) is 0.316. The molecule has 0 aromatic heterocycles. The van der Waals surface area contributed by atoms with Crippen molar-refractivity contribution in [2.24, 2.45) is 11.7 Å². The minimum absolute atomic E-state index is 0. The quantitative estimate of drug-likeness (QED) is 0.845. The van der Waals surface area contributed by atoms with Crippen molar-refractivity contribution in [2.75, 3.05) is 5.32 Å². The molecule has 1 fully saturated rings. The third-order valence-corrected chi connectivity index (χ3v) is 4.26. The van der Waals surface area contributed by atoms with Gasteiger partial charge in [0, 0.05) is 24.2 Å². The van der Waals surface area contributed by atoms with Crippen LogP contribution in [0.15, 0.2) is 54.6 Å². The van der Waals surface area contributed by atoms with Crippen molar-refractivity contribution in [3.8, 4) is 11.5 Å². The van der Waals surface area contributed by atoms with E-state index in [1.165, 1.54) is 0 Å². The lowest BCUT2D eigenvalue weighted by atomic mass is 10.00. The summed E-state index contributed by atoms with van der Waals surface area (Å²) in [4.78, 5) is 12.2. The SMILES string of the molecule is Cl.N[C@@H]1CCC[C@H]1CC(=O)Nc1cccc(Oc2ccccc2)c1. The van der Waals surface area contributed by atoms with E-state index < -0.39 is 0 Å². The Hall–Kier alpha value is -2.04. The number of carbonyl (C=O) groups excluding carboxylic acids is 1. The van der Waals surface area contributed by atoms with Crippen LogP contribution in [0, 0.1) is 5.92 Å². The summed E-state index contributed by atoms with van der Waals surface area (Å²) < 4.78 is 5.78. The van der Waals surface area contributed by atoms with Crippen LogP contribution < -0.4 is 15.8 Å². The third-order valence-electron chi connectivity index (χ3n) is 4.26. The standard InChI is InChI=1S/C19H22N2O2.ClH/c20-18-11-4-6-14(18)12-19(22)21-15-7-5-10-17(13-15)23-16-8-2-1-3-9-16;/h1-3,5,7-10,13-14,18H,4,6,11-12,20H2,(H,21,22);1H/t14-,18+;/m0./s1. The van der Waals surface area contributed by atoms with Crippen molar-refractivity contribution in [3.63, 3.8) is 0 Å². The first kappa shape index (κ1) is 18.3. The first-order valence-corrected chi connectivity index (χ1v) is 8.09. The molecule has 1 amide bonds. The van der Waals surface area contributed by atoms with Gasteiger partial charge in [0.1, 0.15) is 11.5 Å². The number of amides is 1. The van der Waals surface area contributed by atoms with Crippen molar-refractivity contribution < 1.29 is 9.53 Å². The molecule has 0 saturated heterocycles. The second kappa shape index (κ2) is 8.71. The van der Waals surface area contributed by atoms with E-state index in [1.54, 1.807) is 0 Å². The van der Waals surface area contributed by atoms with Crippen molar-refractivity contribution in [1.29, 1.82) is 0 Å². The van der Waals surface area contributed by atoms with Gasteiger partial charge in [0.25, 0.3) is 0 Å². The highest BCUT2D eigenvalue weighted by Crippen LogP contribution is 2.28. The number of ether oxygens (including phenoxy) is 1. The van der Waals surface area contributed by atoms with Gasteiger partial charge in [0.15, 0.2) is 0 Å². The molecule has 5 heteroatoms. The minimum atomic E-state index is 0. The van der Waals surface area contributed by atoms with Crippen LogP contribution in [-0.4, -0.2) is 11.9 Å². The molecule has 0 spiro atoms. The monoisotopic (exact) mass is 346 g/mol. The second-order valence-corrected chi connectivity index (χ2v) is 6.05. The highest BCUT2D eigenvalue weighted by molar-refractivity contribution is 5.91. The molecule has 2 atom stereocenters. The molecule has 0 unspecified atom stereocenters. The summed E-state index contributed by atoms with van der Waals surface area (Å²) in [5.74, 6) is 1.79. The predicted molar refractivity (Wildman–Crippen MR) is 98.8 cm³/mol. The molecule has 1 aliphatic carbocycles. The number of nitrogens with one attached hydrogen (secondary N) is 1. The van der Waals surface area contributed by atoms with E-state index in [2.05, 4.69) is 5.32 Å². The number of anilines is 1. The Labute approximate surface area is 148 Å². The van der Waals surface area contributed by atoms with Gasteiger partial charge in [-0.25, -0.2) is 0 Å². The first-order chi connectivity index (χ1) is 11.2. The first-order valence-electron chi connectivity index (χ1n) is 8.09. The lowest BCUT2D eigenvalue weighted by molar-refractivity contribution is -0.117. The van der Waals surface area contributed by atoms with E-state index in [0.29, 0.717) is 18.1 Å². The number of benzene rings is 2. The fourth-order valence-corrected chi connectivity index (χ4v) is 3.03. The van der Waals surface area contributed by atoms with E-state index in [9.17, 15) is 4.79 Å². The summed E-state index contributed by atoms with van der Waals surface area (Å²) in [7, 11) is 0. The molecule has 0 radical (unpaired) electrons. The van der Waals surface area contributed by atoms with Crippen LogP contribution in [0.2, 0.25) is 0 Å². The largest absolute Gasteiger partial charge is 0.457 e. The number of nitrogens with two attached hydrogens (primary N) is 1. The van der Waals surface area contributed by atoms with E-state index in [0.717, 1.165) is 30.7 Å². The molecule has 24 heavy (non-hydrogen) atoms. The summed E-state index contributed by atoms with van der Waals surface area (Å²) in [6, 6.07) is 17.2. The number of para-hydroxylation sites is 1. The molecule has 0 bridgehead atoms. The number of carbonyl (C=O) groups is 1. The summed E-state index contributed by atoms with van der Waals surface area (Å²) >= 11 is 0. The maximum atomic E-state index is 12.2. The maximum absolute atomic E-state index is 12.2. The zero-order valence-electron chi connectivity index (χ0n) is 13.5. The van der Waals surface area contributed by atoms with Gasteiger partial charge in [0.05, 0.1) is 0 Å². The van der Waals surface area contributed by atoms with Crippen molar-refractivity contribution >= 4 is 24.0 Å². The van der Waals surface area contributed by atoms with Gasteiger partial charge in [-0.1, -0.05) is 30.7 Å². The maximum Gasteiger partial charge on any atom is 0.224 e. The summed E-state index contributed by atoms with van der Waals surface area (Å²) in [5, 5.41) is 2.94. The van der Waals surface area contributed by atoms with Crippen molar-refractivity contribution in [1.82, 2.24) is 0 Å². The normalized spacial score (nSPS) is 19.4. The number of halogens is 1. The Morgan fingerprint density at radius 2 is 1.83 bits per heavy atom. The predicted octanol–water partition coefficient (Wildman–Crippen LogP) is 4.36. The molecular weight excluding hydrogens is 324 g/mol. The molecular formula is C19H23ClN2O2. The van der Waals surface area contributed by atoms with Gasteiger partial charge < -0.3 is 15.8 Å². The van der Waals surface area contributed by atoms with Gasteiger partial charge in [-0.2, -0.15) is 0 Å². The smallest absolute Gasteiger partial charge is 0.224 e. The Kier molecular flexibility index (Phi) is 6.64. The fourth-order valence-electron chi connectivity index (χ4n) is 3.03. The Morgan fingerprint density at radius 3 is 2.54 bits per heavy atom. The molecule has 2 aromatic rings. The summed E-state index contributed by atoms with van der Waals surface area (Å²) in [6.07, 6.45) is 3.69. The van der Waals surface area contributed by atoms with Crippen LogP contribution in [0.3, 0.4) is 0 Å². The highest BCUT2D eigenvalue weighted by atomic mass is 35.5. The summed E-state index contributed by atoms with van der Waals surface area (Å²) in [5.41, 5.74) is 6.78. The topological polar surface area (TPSA) is 64.4 Å². The van der Waals surface area contributed by atoms with E-state index in [-0.39, 0.29) is 24.4 Å². The third kappa shape index (κ3) is 4.98. The van der Waals surface area contributed by atoms with Crippen LogP contribution in [0.4, 0.5) is 5.69 Å². The number of hydrogen-bond acceptors (Lipinski definition) is 3. The van der Waals surface area contributed by atoms with Crippen LogP contribution in [0.25, 0.3) is 0 Å². The molecule has 0 heterocycles. The molecule has 3 rings (SSSR count). The van der Waals surface area contributed by atoms with Crippen LogP contribution >= 0.6 is 12.4 Å².